The molecule has 0 aliphatic rings. The molecule has 4 aromatic rings. The Bertz CT molecular complexity index is 1160. The highest BCUT2D eigenvalue weighted by molar-refractivity contribution is 6.01. The van der Waals surface area contributed by atoms with Gasteiger partial charge in [0.2, 0.25) is 5.91 Å². The molecule has 0 aliphatic carbocycles. The third kappa shape index (κ3) is 6.27. The lowest BCUT2D eigenvalue weighted by molar-refractivity contribution is -0.111. The normalized spacial score (nSPS) is 10.6. The maximum Gasteiger partial charge on any atom is 0.248 e. The lowest BCUT2D eigenvalue weighted by Gasteiger charge is -2.07. The van der Waals surface area contributed by atoms with Gasteiger partial charge in [0, 0.05) is 30.4 Å². The van der Waals surface area contributed by atoms with Crippen LogP contribution in [0.2, 0.25) is 0 Å². The molecule has 1 amide bonds. The summed E-state index contributed by atoms with van der Waals surface area (Å²) in [6, 6.07) is 23.9. The number of rotatable bonds is 8. The van der Waals surface area contributed by atoms with Crippen molar-refractivity contribution in [3.05, 3.63) is 115 Å². The summed E-state index contributed by atoms with van der Waals surface area (Å²) in [5.41, 5.74) is 2.44. The van der Waals surface area contributed by atoms with Gasteiger partial charge in [0.15, 0.2) is 0 Å². The molecule has 0 aliphatic heterocycles. The van der Waals surface area contributed by atoms with E-state index in [0.29, 0.717) is 23.8 Å². The van der Waals surface area contributed by atoms with E-state index in [4.69, 9.17) is 9.47 Å². The Hall–Kier alpha value is -4.45. The molecule has 0 atom stereocenters. The molecular formula is C26H21N3O3. The first-order valence-electron chi connectivity index (χ1n) is 10.0. The second kappa shape index (κ2) is 10.5. The van der Waals surface area contributed by atoms with Crippen LogP contribution in [0.25, 0.3) is 6.08 Å². The molecule has 4 rings (SSSR count). The fourth-order valence-corrected chi connectivity index (χ4v) is 2.82. The van der Waals surface area contributed by atoms with E-state index in [2.05, 4.69) is 15.3 Å². The van der Waals surface area contributed by atoms with Crippen molar-refractivity contribution >= 4 is 17.7 Å². The van der Waals surface area contributed by atoms with Crippen LogP contribution in [0.3, 0.4) is 0 Å². The van der Waals surface area contributed by atoms with Crippen molar-refractivity contribution in [2.45, 2.75) is 6.61 Å². The van der Waals surface area contributed by atoms with E-state index in [1.54, 1.807) is 61.1 Å². The number of benzene rings is 2. The molecule has 0 spiro atoms. The van der Waals surface area contributed by atoms with Crippen molar-refractivity contribution in [2.24, 2.45) is 0 Å². The summed E-state index contributed by atoms with van der Waals surface area (Å²) >= 11 is 0. The monoisotopic (exact) mass is 423 g/mol. The van der Waals surface area contributed by atoms with Gasteiger partial charge in [-0.1, -0.05) is 18.2 Å². The van der Waals surface area contributed by atoms with Crippen LogP contribution in [0.4, 0.5) is 5.69 Å². The number of pyridine rings is 2. The van der Waals surface area contributed by atoms with Crippen molar-refractivity contribution in [3.63, 3.8) is 0 Å². The molecule has 0 saturated heterocycles. The second-order valence-corrected chi connectivity index (χ2v) is 6.81. The minimum absolute atomic E-state index is 0.219. The molecule has 2 aromatic carbocycles. The van der Waals surface area contributed by atoms with Crippen molar-refractivity contribution < 1.29 is 14.3 Å². The first kappa shape index (κ1) is 20.8. The fraction of sp³-hybridized carbons (Fsp3) is 0.0385. The number of anilines is 1. The van der Waals surface area contributed by atoms with Crippen molar-refractivity contribution in [2.75, 3.05) is 5.32 Å². The van der Waals surface area contributed by atoms with Gasteiger partial charge in [0.1, 0.15) is 23.9 Å². The molecule has 6 heteroatoms. The molecule has 0 fully saturated rings. The molecule has 0 unspecified atom stereocenters. The Morgan fingerprint density at radius 3 is 2.25 bits per heavy atom. The minimum atomic E-state index is -0.219. The zero-order valence-corrected chi connectivity index (χ0v) is 17.2. The van der Waals surface area contributed by atoms with Crippen LogP contribution in [0.1, 0.15) is 11.3 Å². The lowest BCUT2D eigenvalue weighted by atomic mass is 10.2. The third-order valence-electron chi connectivity index (χ3n) is 4.43. The predicted molar refractivity (Wildman–Crippen MR) is 123 cm³/mol. The molecule has 1 N–H and O–H groups in total. The SMILES string of the molecule is O=C(/C=C/c1ccc(OCc2ccccn2)cc1)Nc1ccc(Oc2ccncc2)cc1. The average Bonchev–Trinajstić information content (AvgIpc) is 2.85. The first-order chi connectivity index (χ1) is 15.7. The van der Waals surface area contributed by atoms with Gasteiger partial charge >= 0.3 is 0 Å². The van der Waals surface area contributed by atoms with Crippen LogP contribution in [0.15, 0.2) is 104 Å². The van der Waals surface area contributed by atoms with E-state index in [1.807, 2.05) is 42.5 Å². The van der Waals surface area contributed by atoms with E-state index in [1.165, 1.54) is 6.08 Å². The first-order valence-corrected chi connectivity index (χ1v) is 10.0. The van der Waals surface area contributed by atoms with Crippen LogP contribution in [0, 0.1) is 0 Å². The molecule has 0 bridgehead atoms. The quantitative estimate of drug-likeness (QED) is 0.379. The Labute approximate surface area is 186 Å². The van der Waals surface area contributed by atoms with Crippen molar-refractivity contribution in [3.8, 4) is 17.2 Å². The number of aromatic nitrogens is 2. The van der Waals surface area contributed by atoms with Gasteiger partial charge in [-0.2, -0.15) is 0 Å². The Morgan fingerprint density at radius 1 is 0.812 bits per heavy atom. The summed E-state index contributed by atoms with van der Waals surface area (Å²) in [7, 11) is 0. The topological polar surface area (TPSA) is 73.3 Å². The molecule has 2 aromatic heterocycles. The number of nitrogens with zero attached hydrogens (tertiary/aromatic N) is 2. The van der Waals surface area contributed by atoms with E-state index in [-0.39, 0.29) is 5.91 Å². The highest BCUT2D eigenvalue weighted by Gasteiger charge is 2.01. The molecule has 32 heavy (non-hydrogen) atoms. The van der Waals surface area contributed by atoms with Gasteiger partial charge < -0.3 is 14.8 Å². The molecule has 0 radical (unpaired) electrons. The predicted octanol–water partition coefficient (Wildman–Crippen LogP) is 5.50. The maximum atomic E-state index is 12.2. The summed E-state index contributed by atoms with van der Waals surface area (Å²) in [5, 5.41) is 2.83. The Kier molecular flexibility index (Phi) is 6.85. The number of carbonyl (C=O) groups is 1. The smallest absolute Gasteiger partial charge is 0.248 e. The number of hydrogen-bond donors (Lipinski definition) is 1. The highest BCUT2D eigenvalue weighted by atomic mass is 16.5. The van der Waals surface area contributed by atoms with Crippen LogP contribution in [-0.4, -0.2) is 15.9 Å². The van der Waals surface area contributed by atoms with Gasteiger partial charge in [-0.15, -0.1) is 0 Å². The Morgan fingerprint density at radius 2 is 1.53 bits per heavy atom. The number of carbonyl (C=O) groups excluding carboxylic acids is 1. The van der Waals surface area contributed by atoms with Crippen LogP contribution in [-0.2, 0) is 11.4 Å². The molecule has 158 valence electrons. The molecule has 2 heterocycles. The zero-order chi connectivity index (χ0) is 22.0. The van der Waals surface area contributed by atoms with Gasteiger partial charge in [0.25, 0.3) is 0 Å². The van der Waals surface area contributed by atoms with Gasteiger partial charge in [-0.05, 0) is 72.3 Å². The van der Waals surface area contributed by atoms with Crippen LogP contribution < -0.4 is 14.8 Å². The number of nitrogens with one attached hydrogen (secondary N) is 1. The van der Waals surface area contributed by atoms with E-state index >= 15 is 0 Å². The molecule has 0 saturated carbocycles. The van der Waals surface area contributed by atoms with Crippen molar-refractivity contribution in [1.29, 1.82) is 0 Å². The summed E-state index contributed by atoms with van der Waals surface area (Å²) in [4.78, 5) is 20.4. The van der Waals surface area contributed by atoms with Crippen molar-refractivity contribution in [1.82, 2.24) is 9.97 Å². The summed E-state index contributed by atoms with van der Waals surface area (Å²) in [6.45, 7) is 0.408. The lowest BCUT2D eigenvalue weighted by Crippen LogP contribution is -2.07. The van der Waals surface area contributed by atoms with Gasteiger partial charge in [-0.3, -0.25) is 14.8 Å². The standard InChI is InChI=1S/C26H21N3O3/c30-26(29-21-7-11-24(12-8-21)32-25-14-17-27-18-15-25)13-6-20-4-9-23(10-5-20)31-19-22-3-1-2-16-28-22/h1-18H,19H2,(H,29,30)/b13-6+. The summed E-state index contributed by atoms with van der Waals surface area (Å²) in [5.74, 6) is 1.90. The summed E-state index contributed by atoms with van der Waals surface area (Å²) < 4.78 is 11.4. The summed E-state index contributed by atoms with van der Waals surface area (Å²) in [6.07, 6.45) is 8.31. The number of ether oxygens (including phenoxy) is 2. The third-order valence-corrected chi connectivity index (χ3v) is 4.43. The number of hydrogen-bond acceptors (Lipinski definition) is 5. The zero-order valence-electron chi connectivity index (χ0n) is 17.2. The average molecular weight is 423 g/mol. The second-order valence-electron chi connectivity index (χ2n) is 6.81. The van der Waals surface area contributed by atoms with E-state index in [0.717, 1.165) is 17.0 Å². The minimum Gasteiger partial charge on any atom is -0.487 e. The van der Waals surface area contributed by atoms with E-state index in [9.17, 15) is 4.79 Å². The highest BCUT2D eigenvalue weighted by Crippen LogP contribution is 2.22. The van der Waals surface area contributed by atoms with Crippen LogP contribution >= 0.6 is 0 Å². The molecule has 6 nitrogen and oxygen atoms in total. The largest absolute Gasteiger partial charge is 0.487 e. The molecular weight excluding hydrogens is 402 g/mol. The van der Waals surface area contributed by atoms with Gasteiger partial charge in [-0.25, -0.2) is 0 Å². The number of amides is 1. The van der Waals surface area contributed by atoms with Crippen LogP contribution in [0.5, 0.6) is 17.2 Å². The maximum absolute atomic E-state index is 12.2. The fourth-order valence-electron chi connectivity index (χ4n) is 2.82. The Balaban J connectivity index is 1.26. The van der Waals surface area contributed by atoms with Gasteiger partial charge in [0.05, 0.1) is 5.69 Å². The van der Waals surface area contributed by atoms with E-state index < -0.39 is 0 Å².